The second-order valence-electron chi connectivity index (χ2n) is 7.74. The van der Waals surface area contributed by atoms with Crippen molar-refractivity contribution < 1.29 is 22.7 Å². The Morgan fingerprint density at radius 3 is 2.58 bits per heavy atom. The Morgan fingerprint density at radius 1 is 1.09 bits per heavy atom. The van der Waals surface area contributed by atoms with E-state index >= 15 is 0 Å². The van der Waals surface area contributed by atoms with E-state index in [0.29, 0.717) is 10.6 Å². The lowest BCUT2D eigenvalue weighted by Gasteiger charge is -2.11. The van der Waals surface area contributed by atoms with Gasteiger partial charge in [0, 0.05) is 16.1 Å². The van der Waals surface area contributed by atoms with Crippen LogP contribution < -0.4 is 10.0 Å². The van der Waals surface area contributed by atoms with Crippen LogP contribution in [0.25, 0.3) is 0 Å². The lowest BCUT2D eigenvalue weighted by Crippen LogP contribution is -2.16. The molecule has 0 aliphatic heterocycles. The smallest absolute Gasteiger partial charge is 0.341 e. The van der Waals surface area contributed by atoms with E-state index in [0.717, 1.165) is 35.3 Å². The summed E-state index contributed by atoms with van der Waals surface area (Å²) in [5.41, 5.74) is 2.87. The number of benzene rings is 2. The molecule has 1 amide bonds. The van der Waals surface area contributed by atoms with Gasteiger partial charge in [-0.15, -0.1) is 11.3 Å². The highest BCUT2D eigenvalue weighted by Gasteiger charge is 2.28. The van der Waals surface area contributed by atoms with E-state index in [9.17, 15) is 18.0 Å². The van der Waals surface area contributed by atoms with E-state index in [4.69, 9.17) is 4.74 Å². The molecule has 0 fully saturated rings. The Labute approximate surface area is 196 Å². The van der Waals surface area contributed by atoms with Gasteiger partial charge in [0.2, 0.25) is 0 Å². The lowest BCUT2D eigenvalue weighted by molar-refractivity contribution is 0.0527. The van der Waals surface area contributed by atoms with Crippen LogP contribution in [0.3, 0.4) is 0 Å². The van der Waals surface area contributed by atoms with E-state index in [-0.39, 0.29) is 22.8 Å². The third-order valence-corrected chi connectivity index (χ3v) is 7.94. The second-order valence-corrected chi connectivity index (χ2v) is 10.5. The number of hydrogen-bond donors (Lipinski definition) is 2. The van der Waals surface area contributed by atoms with Gasteiger partial charge in [-0.05, 0) is 69.0 Å². The van der Waals surface area contributed by atoms with E-state index in [1.165, 1.54) is 29.5 Å². The first-order valence-corrected chi connectivity index (χ1v) is 12.9. The zero-order valence-corrected chi connectivity index (χ0v) is 19.9. The Kier molecular flexibility index (Phi) is 6.53. The summed E-state index contributed by atoms with van der Waals surface area (Å²) in [6, 6.07) is 12.7. The monoisotopic (exact) mass is 484 g/mol. The molecule has 0 bridgehead atoms. The molecule has 1 heterocycles. The standard InChI is InChI=1S/C24H24N2O5S2/c1-3-31-24(28)21-19-8-5-9-20(19)32-23(21)25-22(27)16-6-4-7-17(14-16)26-33(29,30)18-12-10-15(2)11-13-18/h4,6-7,10-14,26H,3,5,8-9H2,1-2H3,(H,25,27). The molecule has 0 unspecified atom stereocenters. The van der Waals surface area contributed by atoms with Crippen LogP contribution in [0.4, 0.5) is 10.7 Å². The topological polar surface area (TPSA) is 102 Å². The van der Waals surface area contributed by atoms with E-state index in [1.807, 2.05) is 6.92 Å². The van der Waals surface area contributed by atoms with Crippen molar-refractivity contribution in [1.82, 2.24) is 0 Å². The van der Waals surface area contributed by atoms with Crippen LogP contribution in [0.1, 0.15) is 50.1 Å². The second kappa shape index (κ2) is 9.36. The summed E-state index contributed by atoms with van der Waals surface area (Å²) in [5.74, 6) is -0.872. The average Bonchev–Trinajstić information content (AvgIpc) is 3.35. The summed E-state index contributed by atoms with van der Waals surface area (Å²) in [7, 11) is -3.79. The lowest BCUT2D eigenvalue weighted by atomic mass is 10.1. The minimum Gasteiger partial charge on any atom is -0.462 e. The zero-order valence-electron chi connectivity index (χ0n) is 18.3. The first-order chi connectivity index (χ1) is 15.8. The maximum atomic E-state index is 13.0. The fourth-order valence-corrected chi connectivity index (χ4v) is 6.06. The number of carbonyl (C=O) groups is 2. The van der Waals surface area contributed by atoms with Crippen molar-refractivity contribution in [2.75, 3.05) is 16.6 Å². The Bertz CT molecular complexity index is 1310. The summed E-state index contributed by atoms with van der Waals surface area (Å²) >= 11 is 1.39. The number of aryl methyl sites for hydroxylation is 2. The summed E-state index contributed by atoms with van der Waals surface area (Å²) in [6.45, 7) is 3.87. The average molecular weight is 485 g/mol. The summed E-state index contributed by atoms with van der Waals surface area (Å²) in [5, 5.41) is 3.29. The van der Waals surface area contributed by atoms with Gasteiger partial charge in [-0.1, -0.05) is 23.8 Å². The Hall–Kier alpha value is -3.17. The quantitative estimate of drug-likeness (QED) is 0.470. The molecule has 1 aromatic heterocycles. The summed E-state index contributed by atoms with van der Waals surface area (Å²) in [4.78, 5) is 26.7. The molecule has 172 valence electrons. The maximum Gasteiger partial charge on any atom is 0.341 e. The fourth-order valence-electron chi connectivity index (χ4n) is 3.74. The number of fused-ring (bicyclic) bond motifs is 1. The molecule has 0 spiro atoms. The number of sulfonamides is 1. The van der Waals surface area contributed by atoms with Crippen LogP contribution in [0.2, 0.25) is 0 Å². The molecule has 1 aliphatic carbocycles. The van der Waals surface area contributed by atoms with Crippen molar-refractivity contribution in [2.45, 2.75) is 38.0 Å². The van der Waals surface area contributed by atoms with Crippen molar-refractivity contribution in [3.63, 3.8) is 0 Å². The van der Waals surface area contributed by atoms with Gasteiger partial charge in [-0.25, -0.2) is 13.2 Å². The Balaban J connectivity index is 1.56. The number of esters is 1. The van der Waals surface area contributed by atoms with Crippen LogP contribution in [0.5, 0.6) is 0 Å². The molecule has 3 aromatic rings. The molecule has 4 rings (SSSR count). The molecule has 0 atom stereocenters. The number of ether oxygens (including phenoxy) is 1. The third kappa shape index (κ3) is 4.94. The molecule has 9 heteroatoms. The number of thiophene rings is 1. The van der Waals surface area contributed by atoms with Gasteiger partial charge >= 0.3 is 5.97 Å². The third-order valence-electron chi connectivity index (χ3n) is 5.34. The predicted octanol–water partition coefficient (Wildman–Crippen LogP) is 4.78. The fraction of sp³-hybridized carbons (Fsp3) is 0.250. The number of anilines is 2. The van der Waals surface area contributed by atoms with Crippen molar-refractivity contribution in [3.8, 4) is 0 Å². The molecule has 33 heavy (non-hydrogen) atoms. The minimum atomic E-state index is -3.79. The van der Waals surface area contributed by atoms with Crippen LogP contribution in [-0.4, -0.2) is 26.9 Å². The largest absolute Gasteiger partial charge is 0.462 e. The van der Waals surface area contributed by atoms with Gasteiger partial charge in [0.25, 0.3) is 15.9 Å². The molecule has 7 nitrogen and oxygen atoms in total. The predicted molar refractivity (Wildman–Crippen MR) is 129 cm³/mol. The highest BCUT2D eigenvalue weighted by atomic mass is 32.2. The highest BCUT2D eigenvalue weighted by molar-refractivity contribution is 7.92. The number of hydrogen-bond acceptors (Lipinski definition) is 6. The van der Waals surface area contributed by atoms with E-state index in [2.05, 4.69) is 10.0 Å². The minimum absolute atomic E-state index is 0.134. The summed E-state index contributed by atoms with van der Waals surface area (Å²) < 4.78 is 33.1. The summed E-state index contributed by atoms with van der Waals surface area (Å²) in [6.07, 6.45) is 2.63. The van der Waals surface area contributed by atoms with Crippen molar-refractivity contribution in [1.29, 1.82) is 0 Å². The van der Waals surface area contributed by atoms with Gasteiger partial charge in [0.1, 0.15) is 5.00 Å². The SMILES string of the molecule is CCOC(=O)c1c(NC(=O)c2cccc(NS(=O)(=O)c3ccc(C)cc3)c2)sc2c1CCC2. The number of amides is 1. The van der Waals surface area contributed by atoms with E-state index < -0.39 is 21.9 Å². The first kappa shape index (κ1) is 23.0. The maximum absolute atomic E-state index is 13.0. The van der Waals surface area contributed by atoms with Crippen molar-refractivity contribution >= 4 is 43.9 Å². The molecule has 0 saturated heterocycles. The van der Waals surface area contributed by atoms with Gasteiger partial charge in [0.05, 0.1) is 17.1 Å². The molecule has 2 N–H and O–H groups in total. The number of nitrogens with one attached hydrogen (secondary N) is 2. The molecule has 0 radical (unpaired) electrons. The first-order valence-electron chi connectivity index (χ1n) is 10.6. The molecule has 1 aliphatic rings. The van der Waals surface area contributed by atoms with Gasteiger partial charge in [-0.2, -0.15) is 0 Å². The van der Waals surface area contributed by atoms with Crippen LogP contribution in [-0.2, 0) is 27.6 Å². The highest BCUT2D eigenvalue weighted by Crippen LogP contribution is 2.39. The van der Waals surface area contributed by atoms with Crippen LogP contribution in [0, 0.1) is 6.92 Å². The van der Waals surface area contributed by atoms with Crippen LogP contribution in [0.15, 0.2) is 53.4 Å². The zero-order chi connectivity index (χ0) is 23.6. The van der Waals surface area contributed by atoms with E-state index in [1.54, 1.807) is 37.3 Å². The van der Waals surface area contributed by atoms with Crippen LogP contribution >= 0.6 is 11.3 Å². The number of carbonyl (C=O) groups excluding carboxylic acids is 2. The Morgan fingerprint density at radius 2 is 1.85 bits per heavy atom. The van der Waals surface area contributed by atoms with Crippen molar-refractivity contribution in [3.05, 3.63) is 75.7 Å². The van der Waals surface area contributed by atoms with Crippen molar-refractivity contribution in [2.24, 2.45) is 0 Å². The van der Waals surface area contributed by atoms with Gasteiger partial charge < -0.3 is 10.1 Å². The molecule has 0 saturated carbocycles. The molecular weight excluding hydrogens is 460 g/mol. The molecule has 2 aromatic carbocycles. The van der Waals surface area contributed by atoms with Gasteiger partial charge in [-0.3, -0.25) is 9.52 Å². The number of rotatable bonds is 7. The van der Waals surface area contributed by atoms with Gasteiger partial charge in [0.15, 0.2) is 0 Å². The molecular formula is C24H24N2O5S2. The normalized spacial score (nSPS) is 12.8.